The van der Waals surface area contributed by atoms with Crippen LogP contribution in [0.25, 0.3) is 22.2 Å². The first-order valence-electron chi connectivity index (χ1n) is 11.6. The van der Waals surface area contributed by atoms with Gasteiger partial charge in [0, 0.05) is 39.6 Å². The molecule has 0 saturated carbocycles. The topological polar surface area (TPSA) is 125 Å². The summed E-state index contributed by atoms with van der Waals surface area (Å²) >= 11 is 0. The molecule has 8 heteroatoms. The van der Waals surface area contributed by atoms with Crippen LogP contribution >= 0.6 is 0 Å². The number of H-pyrrole nitrogens is 1. The van der Waals surface area contributed by atoms with Crippen LogP contribution < -0.4 is 16.5 Å². The van der Waals surface area contributed by atoms with Gasteiger partial charge in [0.2, 0.25) is 5.91 Å². The molecule has 1 atom stereocenters. The van der Waals surface area contributed by atoms with Gasteiger partial charge in [0.25, 0.3) is 5.91 Å². The Morgan fingerprint density at radius 1 is 1.14 bits per heavy atom. The van der Waals surface area contributed by atoms with Crippen LogP contribution in [0.3, 0.4) is 0 Å². The maximum Gasteiger partial charge on any atom is 0.272 e. The molecule has 0 bridgehead atoms. The minimum Gasteiger partial charge on any atom is -0.354 e. The zero-order valence-corrected chi connectivity index (χ0v) is 19.1. The summed E-state index contributed by atoms with van der Waals surface area (Å²) in [6.07, 6.45) is 4.98. The number of hydrogen-bond donors (Lipinski definition) is 4. The molecule has 2 aliphatic rings. The Kier molecular flexibility index (Phi) is 4.96. The SMILES string of the molecule is Cc1ccc(-c2[nH]c3cc(NC(=O)[C@H](N)C4Cc5ccccc5C4)cc4c3c2C=NNC4=O)cn1. The lowest BCUT2D eigenvalue weighted by Crippen LogP contribution is -2.42. The number of benzene rings is 2. The highest BCUT2D eigenvalue weighted by atomic mass is 16.2. The maximum absolute atomic E-state index is 13.1. The molecule has 2 aromatic heterocycles. The van der Waals surface area contributed by atoms with Gasteiger partial charge in [-0.3, -0.25) is 14.6 Å². The predicted octanol–water partition coefficient (Wildman–Crippen LogP) is 3.30. The molecule has 1 aliphatic carbocycles. The van der Waals surface area contributed by atoms with Gasteiger partial charge in [0.05, 0.1) is 23.5 Å². The van der Waals surface area contributed by atoms with E-state index in [9.17, 15) is 9.59 Å². The van der Waals surface area contributed by atoms with E-state index in [-0.39, 0.29) is 17.7 Å². The number of aromatic nitrogens is 2. The first-order chi connectivity index (χ1) is 17.0. The molecule has 2 aromatic carbocycles. The smallest absolute Gasteiger partial charge is 0.272 e. The monoisotopic (exact) mass is 464 g/mol. The molecular formula is C27H24N6O2. The number of amides is 2. The van der Waals surface area contributed by atoms with E-state index in [1.165, 1.54) is 11.1 Å². The fraction of sp³-hybridized carbons (Fsp3) is 0.185. The summed E-state index contributed by atoms with van der Waals surface area (Å²) in [4.78, 5) is 33.7. The van der Waals surface area contributed by atoms with Gasteiger partial charge >= 0.3 is 0 Å². The summed E-state index contributed by atoms with van der Waals surface area (Å²) in [6, 6.07) is 14.9. The van der Waals surface area contributed by atoms with Crippen LogP contribution in [0.15, 0.2) is 59.8 Å². The molecule has 3 heterocycles. The second kappa shape index (κ2) is 8.18. The van der Waals surface area contributed by atoms with E-state index >= 15 is 0 Å². The van der Waals surface area contributed by atoms with Gasteiger partial charge in [-0.15, -0.1) is 0 Å². The Morgan fingerprint density at radius 2 is 1.91 bits per heavy atom. The van der Waals surface area contributed by atoms with E-state index in [4.69, 9.17) is 5.73 Å². The predicted molar refractivity (Wildman–Crippen MR) is 135 cm³/mol. The summed E-state index contributed by atoms with van der Waals surface area (Å²) in [6.45, 7) is 1.93. The highest BCUT2D eigenvalue weighted by Crippen LogP contribution is 2.35. The summed E-state index contributed by atoms with van der Waals surface area (Å²) < 4.78 is 0. The van der Waals surface area contributed by atoms with Crippen molar-refractivity contribution in [2.24, 2.45) is 16.8 Å². The van der Waals surface area contributed by atoms with E-state index < -0.39 is 6.04 Å². The summed E-state index contributed by atoms with van der Waals surface area (Å²) in [5.74, 6) is -0.578. The molecule has 174 valence electrons. The number of nitrogens with two attached hydrogens (primary N) is 1. The number of nitrogens with one attached hydrogen (secondary N) is 3. The molecule has 0 unspecified atom stereocenters. The number of aryl methyl sites for hydroxylation is 1. The zero-order valence-electron chi connectivity index (χ0n) is 19.1. The molecule has 0 radical (unpaired) electrons. The van der Waals surface area contributed by atoms with Gasteiger partial charge in [-0.25, -0.2) is 5.43 Å². The number of pyridine rings is 1. The summed E-state index contributed by atoms with van der Waals surface area (Å²) in [7, 11) is 0. The molecule has 0 saturated heterocycles. The van der Waals surface area contributed by atoms with E-state index in [0.29, 0.717) is 16.8 Å². The second-order valence-electron chi connectivity index (χ2n) is 9.20. The molecule has 4 aromatic rings. The fourth-order valence-corrected chi connectivity index (χ4v) is 5.08. The third kappa shape index (κ3) is 3.68. The van der Waals surface area contributed by atoms with Crippen LogP contribution in [-0.4, -0.2) is 34.0 Å². The first-order valence-corrected chi connectivity index (χ1v) is 11.6. The third-order valence-electron chi connectivity index (χ3n) is 6.90. The van der Waals surface area contributed by atoms with Crippen LogP contribution in [0.5, 0.6) is 0 Å². The number of fused-ring (bicyclic) bond motifs is 1. The number of carbonyl (C=O) groups excluding carboxylic acids is 2. The van der Waals surface area contributed by atoms with Gasteiger partial charge in [0.1, 0.15) is 0 Å². The Bertz CT molecular complexity index is 1490. The van der Waals surface area contributed by atoms with Crippen molar-refractivity contribution in [3.05, 3.63) is 82.7 Å². The van der Waals surface area contributed by atoms with Gasteiger partial charge in [-0.2, -0.15) is 5.10 Å². The molecular weight excluding hydrogens is 440 g/mol. The van der Waals surface area contributed by atoms with Crippen molar-refractivity contribution in [3.63, 3.8) is 0 Å². The number of rotatable bonds is 4. The quantitative estimate of drug-likeness (QED) is 0.370. The average molecular weight is 465 g/mol. The standard InChI is InChI=1S/C27H24N6O2/c1-14-6-7-17(12-29-14)25-21-13-30-33-26(34)20-10-19(11-22(32-25)23(20)21)31-27(35)24(28)18-8-15-4-2-3-5-16(15)9-18/h2-7,10-13,18,24,32H,8-9,28H2,1H3,(H,31,35)(H,33,34)/t24-/m1/s1. The lowest BCUT2D eigenvalue weighted by molar-refractivity contribution is -0.118. The van der Waals surface area contributed by atoms with Crippen LogP contribution in [0.4, 0.5) is 5.69 Å². The number of hydrogen-bond acceptors (Lipinski definition) is 5. The van der Waals surface area contributed by atoms with Crippen molar-refractivity contribution in [3.8, 4) is 11.3 Å². The van der Waals surface area contributed by atoms with Crippen molar-refractivity contribution < 1.29 is 9.59 Å². The molecule has 0 spiro atoms. The van der Waals surface area contributed by atoms with E-state index in [2.05, 4.69) is 37.9 Å². The lowest BCUT2D eigenvalue weighted by atomic mass is 9.96. The molecule has 8 nitrogen and oxygen atoms in total. The Balaban J connectivity index is 1.34. The van der Waals surface area contributed by atoms with E-state index in [1.54, 1.807) is 18.5 Å². The van der Waals surface area contributed by atoms with Crippen molar-refractivity contribution in [1.29, 1.82) is 0 Å². The number of aromatic amines is 1. The first kappa shape index (κ1) is 21.2. The van der Waals surface area contributed by atoms with Gasteiger partial charge in [0.15, 0.2) is 0 Å². The van der Waals surface area contributed by atoms with Gasteiger partial charge in [-0.1, -0.05) is 24.3 Å². The number of carbonyl (C=O) groups is 2. The molecule has 5 N–H and O–H groups in total. The molecule has 2 amide bonds. The maximum atomic E-state index is 13.1. The van der Waals surface area contributed by atoms with E-state index in [1.807, 2.05) is 37.3 Å². The minimum absolute atomic E-state index is 0.0344. The highest BCUT2D eigenvalue weighted by Gasteiger charge is 2.31. The third-order valence-corrected chi connectivity index (χ3v) is 6.90. The minimum atomic E-state index is -0.664. The second-order valence-corrected chi connectivity index (χ2v) is 9.20. The normalized spacial score (nSPS) is 15.5. The van der Waals surface area contributed by atoms with Gasteiger partial charge in [-0.05, 0) is 61.1 Å². The van der Waals surface area contributed by atoms with Crippen LogP contribution in [-0.2, 0) is 17.6 Å². The number of anilines is 1. The fourth-order valence-electron chi connectivity index (χ4n) is 5.08. The number of nitrogens with zero attached hydrogens (tertiary/aromatic N) is 2. The molecule has 1 aliphatic heterocycles. The molecule has 6 rings (SSSR count). The van der Waals surface area contributed by atoms with Crippen molar-refractivity contribution in [2.75, 3.05) is 5.32 Å². The molecule has 0 fully saturated rings. The largest absolute Gasteiger partial charge is 0.354 e. The highest BCUT2D eigenvalue weighted by molar-refractivity contribution is 6.18. The van der Waals surface area contributed by atoms with Gasteiger partial charge < -0.3 is 16.0 Å². The summed E-state index contributed by atoms with van der Waals surface area (Å²) in [5, 5.41) is 7.77. The lowest BCUT2D eigenvalue weighted by Gasteiger charge is -2.18. The summed E-state index contributed by atoms with van der Waals surface area (Å²) in [5.41, 5.74) is 16.5. The Labute approximate surface area is 201 Å². The van der Waals surface area contributed by atoms with Crippen molar-refractivity contribution >= 4 is 34.6 Å². The Hall–Kier alpha value is -4.30. The van der Waals surface area contributed by atoms with E-state index in [0.717, 1.165) is 40.7 Å². The zero-order chi connectivity index (χ0) is 24.1. The number of hydrazone groups is 1. The van der Waals surface area contributed by atoms with Crippen LogP contribution in [0, 0.1) is 12.8 Å². The average Bonchev–Trinajstić information content (AvgIpc) is 3.40. The molecule has 35 heavy (non-hydrogen) atoms. The van der Waals surface area contributed by atoms with Crippen LogP contribution in [0.1, 0.15) is 32.7 Å². The van der Waals surface area contributed by atoms with Crippen LogP contribution in [0.2, 0.25) is 0 Å². The Morgan fingerprint density at radius 3 is 2.63 bits per heavy atom. The van der Waals surface area contributed by atoms with Crippen molar-refractivity contribution in [1.82, 2.24) is 15.4 Å². The van der Waals surface area contributed by atoms with Crippen molar-refractivity contribution in [2.45, 2.75) is 25.8 Å².